The van der Waals surface area contributed by atoms with E-state index in [0.717, 1.165) is 43.5 Å². The van der Waals surface area contributed by atoms with Crippen molar-refractivity contribution in [1.82, 2.24) is 4.98 Å². The third-order valence-electron chi connectivity index (χ3n) is 5.53. The molecule has 1 aromatic carbocycles. The van der Waals surface area contributed by atoms with Gasteiger partial charge in [0.15, 0.2) is 11.6 Å². The molecule has 1 aromatic heterocycles. The minimum atomic E-state index is -0.964. The first-order valence-electron chi connectivity index (χ1n) is 8.66. The molecule has 3 aliphatic rings. The summed E-state index contributed by atoms with van der Waals surface area (Å²) in [6.45, 7) is 0.566. The predicted molar refractivity (Wildman–Crippen MR) is 89.4 cm³/mol. The summed E-state index contributed by atoms with van der Waals surface area (Å²) in [7, 11) is 0. The Hall–Kier alpha value is -2.52. The summed E-state index contributed by atoms with van der Waals surface area (Å²) in [5.41, 5.74) is 0.309. The molecule has 2 aromatic rings. The van der Waals surface area contributed by atoms with Crippen molar-refractivity contribution in [3.63, 3.8) is 0 Å². The second-order valence-corrected chi connectivity index (χ2v) is 7.16. The normalized spacial score (nSPS) is 27.1. The van der Waals surface area contributed by atoms with Crippen molar-refractivity contribution in [2.45, 2.75) is 37.7 Å². The van der Waals surface area contributed by atoms with Crippen LogP contribution in [0.1, 0.15) is 37.8 Å². The van der Waals surface area contributed by atoms with Gasteiger partial charge in [-0.2, -0.15) is 5.26 Å². The van der Waals surface area contributed by atoms with Gasteiger partial charge < -0.3 is 9.47 Å². The molecule has 3 fully saturated rings. The number of hydrogen-bond donors (Lipinski definition) is 0. The van der Waals surface area contributed by atoms with Gasteiger partial charge in [0.25, 0.3) is 0 Å². The summed E-state index contributed by atoms with van der Waals surface area (Å²) >= 11 is 0. The fourth-order valence-corrected chi connectivity index (χ4v) is 3.88. The molecule has 2 bridgehead atoms. The lowest BCUT2D eigenvalue weighted by atomic mass is 9.64. The third-order valence-corrected chi connectivity index (χ3v) is 5.53. The van der Waals surface area contributed by atoms with E-state index in [9.17, 15) is 8.78 Å². The first kappa shape index (κ1) is 16.9. The Morgan fingerprint density at radius 2 is 1.92 bits per heavy atom. The van der Waals surface area contributed by atoms with Gasteiger partial charge in [0.05, 0.1) is 18.4 Å². The van der Waals surface area contributed by atoms with Gasteiger partial charge in [-0.3, -0.25) is 0 Å². The zero-order chi connectivity index (χ0) is 18.2. The molecule has 0 unspecified atom stereocenters. The topological polar surface area (TPSA) is 55.1 Å². The van der Waals surface area contributed by atoms with Crippen molar-refractivity contribution in [1.29, 1.82) is 5.26 Å². The van der Waals surface area contributed by atoms with E-state index in [-0.39, 0.29) is 11.2 Å². The number of hydrogen-bond acceptors (Lipinski definition) is 4. The molecule has 4 nitrogen and oxygen atoms in total. The van der Waals surface area contributed by atoms with Gasteiger partial charge in [0.1, 0.15) is 11.4 Å². The molecule has 5 rings (SSSR count). The molecule has 0 radical (unpaired) electrons. The highest BCUT2D eigenvalue weighted by atomic mass is 19.2. The van der Waals surface area contributed by atoms with Gasteiger partial charge in [0, 0.05) is 24.0 Å². The quantitative estimate of drug-likeness (QED) is 0.786. The lowest BCUT2D eigenvalue weighted by Gasteiger charge is -2.52. The summed E-state index contributed by atoms with van der Waals surface area (Å²) in [5, 5.41) is 9.04. The van der Waals surface area contributed by atoms with E-state index in [1.54, 1.807) is 6.07 Å². The second-order valence-electron chi connectivity index (χ2n) is 7.16. The molecule has 0 spiro atoms. The summed E-state index contributed by atoms with van der Waals surface area (Å²) in [4.78, 5) is 4.55. The molecule has 0 amide bonds. The average molecular weight is 356 g/mol. The maximum atomic E-state index is 13.4. The van der Waals surface area contributed by atoms with E-state index in [2.05, 4.69) is 11.1 Å². The van der Waals surface area contributed by atoms with Gasteiger partial charge in [-0.15, -0.1) is 0 Å². The van der Waals surface area contributed by atoms with Crippen molar-refractivity contribution in [2.24, 2.45) is 5.41 Å². The minimum Gasteiger partial charge on any atom is -0.439 e. The number of rotatable bonds is 4. The first-order valence-corrected chi connectivity index (χ1v) is 8.66. The maximum Gasteiger partial charge on any atom is 0.219 e. The molecule has 1 aliphatic carbocycles. The fraction of sp³-hybridized carbons (Fsp3) is 0.400. The monoisotopic (exact) mass is 356 g/mol. The van der Waals surface area contributed by atoms with Crippen LogP contribution in [0.4, 0.5) is 8.78 Å². The lowest BCUT2D eigenvalue weighted by Crippen LogP contribution is -2.49. The van der Waals surface area contributed by atoms with Crippen molar-refractivity contribution in [3.05, 3.63) is 53.7 Å². The number of halogens is 2. The zero-order valence-electron chi connectivity index (χ0n) is 14.2. The molecule has 0 N–H and O–H groups in total. The molecule has 26 heavy (non-hydrogen) atoms. The van der Waals surface area contributed by atoms with Crippen LogP contribution in [0.25, 0.3) is 0 Å². The van der Waals surface area contributed by atoms with E-state index >= 15 is 0 Å². The molecular weight excluding hydrogens is 338 g/mol. The Bertz CT molecular complexity index is 854. The van der Waals surface area contributed by atoms with E-state index in [1.165, 1.54) is 6.07 Å². The fourth-order valence-electron chi connectivity index (χ4n) is 3.88. The van der Waals surface area contributed by atoms with Crippen molar-refractivity contribution in [3.8, 4) is 17.7 Å². The van der Waals surface area contributed by atoms with Gasteiger partial charge in [-0.05, 0) is 43.9 Å². The number of ether oxygens (including phenoxy) is 2. The van der Waals surface area contributed by atoms with E-state index in [1.807, 2.05) is 12.1 Å². The predicted octanol–water partition coefficient (Wildman–Crippen LogP) is 4.85. The summed E-state index contributed by atoms with van der Waals surface area (Å²) < 4.78 is 38.2. The smallest absolute Gasteiger partial charge is 0.219 e. The molecule has 2 aliphatic heterocycles. The van der Waals surface area contributed by atoms with Crippen LogP contribution >= 0.6 is 0 Å². The summed E-state index contributed by atoms with van der Waals surface area (Å²) in [5.74, 6) is -1.39. The number of nitriles is 1. The summed E-state index contributed by atoms with van der Waals surface area (Å²) in [6, 6.07) is 11.1. The number of fused-ring (bicyclic) bond motifs is 3. The highest BCUT2D eigenvalue weighted by molar-refractivity contribution is 5.30. The molecule has 0 atom stereocenters. The van der Waals surface area contributed by atoms with Crippen molar-refractivity contribution in [2.75, 3.05) is 6.61 Å². The SMILES string of the molecule is N#CCC12CCC(c3cccc(Oc4ccc(F)c(F)c4)n3)(CC1)OC2. The molecule has 134 valence electrons. The molecule has 1 saturated carbocycles. The van der Waals surface area contributed by atoms with Gasteiger partial charge in [-0.25, -0.2) is 13.8 Å². The molecule has 2 saturated heterocycles. The standard InChI is InChI=1S/C20H18F2N2O2/c21-15-5-4-14(12-16(15)22)26-18-3-1-2-17(24-18)20-8-6-19(7-9-20,10-11-23)13-25-20/h1-5,12H,6-10,13H2. The van der Waals surface area contributed by atoms with Crippen LogP contribution in [0, 0.1) is 28.4 Å². The van der Waals surface area contributed by atoms with E-state index in [0.29, 0.717) is 18.9 Å². The number of benzene rings is 1. The van der Waals surface area contributed by atoms with Crippen LogP contribution in [0.2, 0.25) is 0 Å². The molecule has 6 heteroatoms. The average Bonchev–Trinajstić information content (AvgIpc) is 2.67. The molecular formula is C20H18F2N2O2. The Balaban J connectivity index is 1.55. The Labute approximate surface area is 150 Å². The van der Waals surface area contributed by atoms with Gasteiger partial charge in [-0.1, -0.05) is 6.07 Å². The highest BCUT2D eigenvalue weighted by Crippen LogP contribution is 2.54. The van der Waals surface area contributed by atoms with Crippen molar-refractivity contribution >= 4 is 0 Å². The van der Waals surface area contributed by atoms with Crippen LogP contribution in [0.3, 0.4) is 0 Å². The Morgan fingerprint density at radius 3 is 2.58 bits per heavy atom. The molecule has 3 heterocycles. The third kappa shape index (κ3) is 2.93. The Morgan fingerprint density at radius 1 is 1.12 bits per heavy atom. The first-order chi connectivity index (χ1) is 12.5. The number of aromatic nitrogens is 1. The van der Waals surface area contributed by atoms with E-state index in [4.69, 9.17) is 14.7 Å². The van der Waals surface area contributed by atoms with Gasteiger partial charge >= 0.3 is 0 Å². The van der Waals surface area contributed by atoms with Crippen LogP contribution in [-0.2, 0) is 10.3 Å². The Kier molecular flexibility index (Phi) is 4.12. The summed E-state index contributed by atoms with van der Waals surface area (Å²) in [6.07, 6.45) is 4.04. The number of nitrogens with zero attached hydrogens (tertiary/aromatic N) is 2. The maximum absolute atomic E-state index is 13.4. The van der Waals surface area contributed by atoms with Crippen molar-refractivity contribution < 1.29 is 18.3 Å². The van der Waals surface area contributed by atoms with Crippen LogP contribution < -0.4 is 4.74 Å². The minimum absolute atomic E-state index is 0.0176. The second kappa shape index (κ2) is 6.33. The van der Waals surface area contributed by atoms with E-state index < -0.39 is 17.2 Å². The van der Waals surface area contributed by atoms with Gasteiger partial charge in [0.2, 0.25) is 5.88 Å². The van der Waals surface area contributed by atoms with Crippen LogP contribution in [-0.4, -0.2) is 11.6 Å². The zero-order valence-corrected chi connectivity index (χ0v) is 14.2. The van der Waals surface area contributed by atoms with Crippen LogP contribution in [0.5, 0.6) is 11.6 Å². The lowest BCUT2D eigenvalue weighted by molar-refractivity contribution is -0.189. The van der Waals surface area contributed by atoms with Crippen LogP contribution in [0.15, 0.2) is 36.4 Å². The highest BCUT2D eigenvalue weighted by Gasteiger charge is 2.51. The number of pyridine rings is 1. The largest absolute Gasteiger partial charge is 0.439 e.